The van der Waals surface area contributed by atoms with Crippen molar-refractivity contribution in [1.29, 1.82) is 0 Å². The van der Waals surface area contributed by atoms with Crippen LogP contribution in [-0.4, -0.2) is 16.6 Å². The summed E-state index contributed by atoms with van der Waals surface area (Å²) < 4.78 is 16.1. The van der Waals surface area contributed by atoms with Crippen LogP contribution in [0.5, 0.6) is 0 Å². The second-order valence-corrected chi connectivity index (χ2v) is 4.68. The Hall–Kier alpha value is -1.68. The maximum atomic E-state index is 14.3. The van der Waals surface area contributed by atoms with Crippen LogP contribution < -0.4 is 5.32 Å². The molecule has 3 nitrogen and oxygen atoms in total. The van der Waals surface area contributed by atoms with E-state index in [1.807, 2.05) is 36.9 Å². The van der Waals surface area contributed by atoms with Crippen molar-refractivity contribution in [2.24, 2.45) is 0 Å². The van der Waals surface area contributed by atoms with E-state index < -0.39 is 0 Å². The summed E-state index contributed by atoms with van der Waals surface area (Å²) in [4.78, 5) is 4.28. The van der Waals surface area contributed by atoms with Gasteiger partial charge in [-0.15, -0.1) is 0 Å². The van der Waals surface area contributed by atoms with Gasteiger partial charge in [0.15, 0.2) is 0 Å². The molecule has 1 heterocycles. The molecule has 102 valence electrons. The van der Waals surface area contributed by atoms with E-state index in [2.05, 4.69) is 17.2 Å². The van der Waals surface area contributed by atoms with Gasteiger partial charge in [0, 0.05) is 24.9 Å². The molecule has 0 bridgehead atoms. The van der Waals surface area contributed by atoms with Crippen molar-refractivity contribution >= 4 is 0 Å². The zero-order valence-electron chi connectivity index (χ0n) is 11.7. The van der Waals surface area contributed by atoms with Gasteiger partial charge in [-0.25, -0.2) is 9.37 Å². The number of aromatic nitrogens is 2. The van der Waals surface area contributed by atoms with Crippen LogP contribution >= 0.6 is 0 Å². The lowest BCUT2D eigenvalue weighted by atomic mass is 10.1. The van der Waals surface area contributed by atoms with Crippen molar-refractivity contribution in [3.8, 4) is 5.69 Å². The Kier molecular flexibility index (Phi) is 4.32. The fourth-order valence-electron chi connectivity index (χ4n) is 2.12. The number of nitrogens with zero attached hydrogens (tertiary/aromatic N) is 2. The Bertz CT molecular complexity index is 548. The SMILES string of the molecule is CCCc1nccn1-c1ccc(C(C)NC)cc1F. The molecule has 0 radical (unpaired) electrons. The first-order valence-corrected chi connectivity index (χ1v) is 6.66. The first-order valence-electron chi connectivity index (χ1n) is 6.66. The monoisotopic (exact) mass is 261 g/mol. The molecule has 0 amide bonds. The predicted octanol–water partition coefficient (Wildman–Crippen LogP) is 3.24. The highest BCUT2D eigenvalue weighted by Gasteiger charge is 2.11. The fourth-order valence-corrected chi connectivity index (χ4v) is 2.12. The van der Waals surface area contributed by atoms with Gasteiger partial charge in [-0.3, -0.25) is 0 Å². The summed E-state index contributed by atoms with van der Waals surface area (Å²) in [6.07, 6.45) is 5.37. The van der Waals surface area contributed by atoms with E-state index >= 15 is 0 Å². The van der Waals surface area contributed by atoms with Gasteiger partial charge >= 0.3 is 0 Å². The molecule has 1 aromatic carbocycles. The third-order valence-corrected chi connectivity index (χ3v) is 3.36. The van der Waals surface area contributed by atoms with E-state index in [-0.39, 0.29) is 11.9 Å². The first-order chi connectivity index (χ1) is 9.17. The fraction of sp³-hybridized carbons (Fsp3) is 0.400. The number of rotatable bonds is 5. The highest BCUT2D eigenvalue weighted by Crippen LogP contribution is 2.20. The molecule has 0 spiro atoms. The predicted molar refractivity (Wildman–Crippen MR) is 75.0 cm³/mol. The Balaban J connectivity index is 2.37. The van der Waals surface area contributed by atoms with Crippen LogP contribution in [0.4, 0.5) is 4.39 Å². The van der Waals surface area contributed by atoms with E-state index in [1.165, 1.54) is 0 Å². The van der Waals surface area contributed by atoms with Crippen LogP contribution in [0, 0.1) is 5.82 Å². The lowest BCUT2D eigenvalue weighted by molar-refractivity contribution is 0.598. The zero-order valence-corrected chi connectivity index (χ0v) is 11.7. The summed E-state index contributed by atoms with van der Waals surface area (Å²) in [5.74, 6) is 0.686. The van der Waals surface area contributed by atoms with Gasteiger partial charge in [-0.1, -0.05) is 13.0 Å². The molecule has 2 rings (SSSR count). The molecule has 1 unspecified atom stereocenters. The van der Waals surface area contributed by atoms with Gasteiger partial charge in [0.1, 0.15) is 11.6 Å². The molecule has 0 saturated carbocycles. The Morgan fingerprint density at radius 3 is 2.84 bits per heavy atom. The second-order valence-electron chi connectivity index (χ2n) is 4.68. The van der Waals surface area contributed by atoms with Gasteiger partial charge in [-0.05, 0) is 38.1 Å². The lowest BCUT2D eigenvalue weighted by Crippen LogP contribution is -2.13. The minimum absolute atomic E-state index is 0.140. The molecule has 0 fully saturated rings. The standard InChI is InChI=1S/C15H20FN3/c1-4-5-15-18-8-9-19(15)14-7-6-12(10-13(14)16)11(2)17-3/h6-11,17H,4-5H2,1-3H3. The Labute approximate surface area is 113 Å². The zero-order chi connectivity index (χ0) is 13.8. The summed E-state index contributed by atoms with van der Waals surface area (Å²) in [6.45, 7) is 4.10. The van der Waals surface area contributed by atoms with Crippen molar-refractivity contribution in [1.82, 2.24) is 14.9 Å². The van der Waals surface area contributed by atoms with E-state index in [0.29, 0.717) is 5.69 Å². The smallest absolute Gasteiger partial charge is 0.147 e. The number of benzene rings is 1. The van der Waals surface area contributed by atoms with Gasteiger partial charge in [-0.2, -0.15) is 0 Å². The quantitative estimate of drug-likeness (QED) is 0.895. The van der Waals surface area contributed by atoms with Crippen molar-refractivity contribution in [2.45, 2.75) is 32.7 Å². The third kappa shape index (κ3) is 2.84. The number of hydrogen-bond acceptors (Lipinski definition) is 2. The second kappa shape index (κ2) is 5.97. The number of nitrogens with one attached hydrogen (secondary N) is 1. The van der Waals surface area contributed by atoms with Gasteiger partial charge in [0.25, 0.3) is 0 Å². The van der Waals surface area contributed by atoms with Gasteiger partial charge in [0.2, 0.25) is 0 Å². The molecule has 0 aliphatic carbocycles. The number of imidazole rings is 1. The maximum absolute atomic E-state index is 14.3. The molecular weight excluding hydrogens is 241 g/mol. The molecule has 1 atom stereocenters. The molecule has 4 heteroatoms. The topological polar surface area (TPSA) is 29.9 Å². The molecule has 0 aliphatic heterocycles. The molecular formula is C15H20FN3. The van der Waals surface area contributed by atoms with E-state index in [1.54, 1.807) is 12.3 Å². The normalized spacial score (nSPS) is 12.6. The average molecular weight is 261 g/mol. The number of aryl methyl sites for hydroxylation is 1. The lowest BCUT2D eigenvalue weighted by Gasteiger charge is -2.13. The minimum atomic E-state index is -0.213. The molecule has 1 aromatic heterocycles. The number of hydrogen-bond donors (Lipinski definition) is 1. The minimum Gasteiger partial charge on any atom is -0.313 e. The summed E-state index contributed by atoms with van der Waals surface area (Å²) in [5.41, 5.74) is 1.51. The highest BCUT2D eigenvalue weighted by atomic mass is 19.1. The van der Waals surface area contributed by atoms with Crippen molar-refractivity contribution in [2.75, 3.05) is 7.05 Å². The molecule has 0 saturated heterocycles. The molecule has 0 aliphatic rings. The van der Waals surface area contributed by atoms with E-state index in [0.717, 1.165) is 24.2 Å². The van der Waals surface area contributed by atoms with E-state index in [9.17, 15) is 4.39 Å². The highest BCUT2D eigenvalue weighted by molar-refractivity contribution is 5.38. The molecule has 2 aromatic rings. The van der Waals surface area contributed by atoms with Crippen molar-refractivity contribution in [3.05, 3.63) is 47.8 Å². The van der Waals surface area contributed by atoms with Crippen LogP contribution in [0.3, 0.4) is 0 Å². The molecule has 1 N–H and O–H groups in total. The third-order valence-electron chi connectivity index (χ3n) is 3.36. The van der Waals surface area contributed by atoms with Gasteiger partial charge < -0.3 is 9.88 Å². The van der Waals surface area contributed by atoms with Crippen LogP contribution in [0.25, 0.3) is 5.69 Å². The molecule has 19 heavy (non-hydrogen) atoms. The largest absolute Gasteiger partial charge is 0.313 e. The Morgan fingerprint density at radius 1 is 1.42 bits per heavy atom. The van der Waals surface area contributed by atoms with E-state index in [4.69, 9.17) is 0 Å². The van der Waals surface area contributed by atoms with Gasteiger partial charge in [0.05, 0.1) is 5.69 Å². The van der Waals surface area contributed by atoms with Crippen molar-refractivity contribution in [3.63, 3.8) is 0 Å². The average Bonchev–Trinajstić information content (AvgIpc) is 2.86. The van der Waals surface area contributed by atoms with Crippen molar-refractivity contribution < 1.29 is 4.39 Å². The summed E-state index contributed by atoms with van der Waals surface area (Å²) in [7, 11) is 1.87. The maximum Gasteiger partial charge on any atom is 0.147 e. The first kappa shape index (κ1) is 13.7. The van der Waals surface area contributed by atoms with Crippen LogP contribution in [0.15, 0.2) is 30.6 Å². The van der Waals surface area contributed by atoms with Crippen LogP contribution in [0.1, 0.15) is 37.7 Å². The van der Waals surface area contributed by atoms with Crippen LogP contribution in [-0.2, 0) is 6.42 Å². The summed E-state index contributed by atoms with van der Waals surface area (Å²) >= 11 is 0. The summed E-state index contributed by atoms with van der Waals surface area (Å²) in [6, 6.07) is 5.50. The summed E-state index contributed by atoms with van der Waals surface area (Å²) in [5, 5.41) is 3.11. The van der Waals surface area contributed by atoms with Crippen LogP contribution in [0.2, 0.25) is 0 Å². The number of halogens is 1. The Morgan fingerprint density at radius 2 is 2.21 bits per heavy atom.